The number of halogens is 1. The number of anilines is 1. The second-order valence-electron chi connectivity index (χ2n) is 9.27. The first-order valence-electron chi connectivity index (χ1n) is 10.2. The molecule has 0 bridgehead atoms. The predicted octanol–water partition coefficient (Wildman–Crippen LogP) is 2.38. The Morgan fingerprint density at radius 1 is 1.10 bits per heavy atom. The molecule has 0 unspecified atom stereocenters. The normalized spacial score (nSPS) is 17.8. The molecule has 1 aromatic heterocycles. The largest absolute Gasteiger partial charge is 0.707 e. The molecule has 3 N–H and O–H groups in total. The van der Waals surface area contributed by atoms with E-state index in [1.807, 2.05) is 13.1 Å². The van der Waals surface area contributed by atoms with Crippen LogP contribution in [0.5, 0.6) is 11.5 Å². The summed E-state index contributed by atoms with van der Waals surface area (Å²) in [5.74, 6) is -0.151. The summed E-state index contributed by atoms with van der Waals surface area (Å²) in [6, 6.07) is 6.32. The van der Waals surface area contributed by atoms with Crippen LogP contribution in [0.2, 0.25) is 0 Å². The average molecular weight is 432 g/mol. The van der Waals surface area contributed by atoms with Gasteiger partial charge in [-0.2, -0.15) is 0 Å². The summed E-state index contributed by atoms with van der Waals surface area (Å²) in [5.41, 5.74) is 0.870. The molecular weight excluding hydrogens is 402 g/mol. The second-order valence-corrected chi connectivity index (χ2v) is 9.27. The molecule has 0 saturated carbocycles. The first-order valence-corrected chi connectivity index (χ1v) is 10.2. The van der Waals surface area contributed by atoms with Gasteiger partial charge >= 0.3 is 7.32 Å². The zero-order valence-corrected chi connectivity index (χ0v) is 18.8. The van der Waals surface area contributed by atoms with Gasteiger partial charge in [-0.3, -0.25) is 0 Å². The van der Waals surface area contributed by atoms with E-state index in [2.05, 4.69) is 48.1 Å². The Balaban J connectivity index is 1.88. The smallest absolute Gasteiger partial charge is 0.510 e. The summed E-state index contributed by atoms with van der Waals surface area (Å²) in [4.78, 5) is 2.14. The van der Waals surface area contributed by atoms with E-state index in [1.54, 1.807) is 6.07 Å². The molecule has 168 valence electrons. The molecule has 0 radical (unpaired) electrons. The second kappa shape index (κ2) is 8.60. The summed E-state index contributed by atoms with van der Waals surface area (Å²) in [6.07, 6.45) is 1.93. The van der Waals surface area contributed by atoms with Gasteiger partial charge in [0.25, 0.3) is 0 Å². The maximum absolute atomic E-state index is 14.1. The van der Waals surface area contributed by atoms with Gasteiger partial charge in [-0.05, 0) is 58.7 Å². The van der Waals surface area contributed by atoms with E-state index < -0.39 is 13.1 Å². The summed E-state index contributed by atoms with van der Waals surface area (Å²) in [5, 5.41) is 30.4. The van der Waals surface area contributed by atoms with E-state index in [0.29, 0.717) is 11.3 Å². The fourth-order valence-corrected chi connectivity index (χ4v) is 4.49. The van der Waals surface area contributed by atoms with Crippen molar-refractivity contribution in [2.75, 3.05) is 19.1 Å². The van der Waals surface area contributed by atoms with Crippen LogP contribution in [0.1, 0.15) is 40.5 Å². The van der Waals surface area contributed by atoms with Gasteiger partial charge in [0, 0.05) is 35.8 Å². The number of nitrogens with one attached hydrogen (secondary N) is 1. The number of methoxy groups -OCH3 is 1. The summed E-state index contributed by atoms with van der Waals surface area (Å²) in [6.45, 7) is 8.81. The van der Waals surface area contributed by atoms with Crippen LogP contribution in [0.25, 0.3) is 11.3 Å². The van der Waals surface area contributed by atoms with Crippen LogP contribution in [-0.4, -0.2) is 58.8 Å². The van der Waals surface area contributed by atoms with Crippen molar-refractivity contribution in [2.45, 2.75) is 57.7 Å². The molecule has 10 heteroatoms. The van der Waals surface area contributed by atoms with Crippen molar-refractivity contribution >= 4 is 13.1 Å². The lowest BCUT2D eigenvalue weighted by atomic mass is 9.79. The molecule has 8 nitrogen and oxygen atoms in total. The van der Waals surface area contributed by atoms with Crippen LogP contribution in [0.3, 0.4) is 0 Å². The highest BCUT2D eigenvalue weighted by molar-refractivity contribution is 6.33. The molecule has 2 heterocycles. The number of rotatable bonds is 6. The zero-order chi connectivity index (χ0) is 23.0. The fraction of sp³-hybridized carbons (Fsp3) is 0.524. The van der Waals surface area contributed by atoms with E-state index in [-0.39, 0.29) is 28.6 Å². The third-order valence-corrected chi connectivity index (χ3v) is 5.49. The van der Waals surface area contributed by atoms with Crippen molar-refractivity contribution in [2.24, 2.45) is 0 Å². The minimum Gasteiger partial charge on any atom is -0.510 e. The van der Waals surface area contributed by atoms with Crippen molar-refractivity contribution in [1.82, 2.24) is 15.5 Å². The van der Waals surface area contributed by atoms with Crippen molar-refractivity contribution in [3.63, 3.8) is 0 Å². The molecule has 1 aromatic carbocycles. The number of hydrogen-bond donors (Lipinski definition) is 3. The minimum absolute atomic E-state index is 0.00317. The van der Waals surface area contributed by atoms with Crippen LogP contribution in [-0.2, 0) is 0 Å². The van der Waals surface area contributed by atoms with E-state index in [4.69, 9.17) is 19.4 Å². The number of hydrogen-bond acceptors (Lipinski definition) is 8. The molecule has 31 heavy (non-hydrogen) atoms. The number of piperidine rings is 1. The van der Waals surface area contributed by atoms with Gasteiger partial charge in [0.2, 0.25) is 0 Å². The Kier molecular flexibility index (Phi) is 6.45. The number of ether oxygens (including phenoxy) is 1. The highest BCUT2D eigenvalue weighted by Gasteiger charge is 2.39. The Labute approximate surface area is 182 Å². The number of nitrogens with zero attached hydrogens (tertiary/aromatic N) is 3. The maximum Gasteiger partial charge on any atom is 0.707 e. The van der Waals surface area contributed by atoms with Crippen molar-refractivity contribution < 1.29 is 23.8 Å². The van der Waals surface area contributed by atoms with Crippen molar-refractivity contribution in [3.8, 4) is 22.8 Å². The first-order chi connectivity index (χ1) is 14.4. The van der Waals surface area contributed by atoms with Crippen LogP contribution in [0, 0.1) is 5.82 Å². The third kappa shape index (κ3) is 5.44. The molecule has 0 amide bonds. The molecule has 2 aromatic rings. The minimum atomic E-state index is -2.14. The van der Waals surface area contributed by atoms with Crippen LogP contribution in [0.15, 0.2) is 24.3 Å². The highest BCUT2D eigenvalue weighted by atomic mass is 19.1. The van der Waals surface area contributed by atoms with Gasteiger partial charge in [0.15, 0.2) is 11.6 Å². The molecule has 1 saturated heterocycles. The molecule has 1 aliphatic rings. The van der Waals surface area contributed by atoms with Gasteiger partial charge < -0.3 is 29.7 Å². The van der Waals surface area contributed by atoms with Gasteiger partial charge in [0.1, 0.15) is 11.5 Å². The van der Waals surface area contributed by atoms with Crippen molar-refractivity contribution in [3.05, 3.63) is 30.1 Å². The molecule has 1 fully saturated rings. The van der Waals surface area contributed by atoms with Gasteiger partial charge in [-0.1, -0.05) is 0 Å². The maximum atomic E-state index is 14.1. The Morgan fingerprint density at radius 2 is 1.74 bits per heavy atom. The van der Waals surface area contributed by atoms with Gasteiger partial charge in [-0.25, -0.2) is 4.39 Å². The van der Waals surface area contributed by atoms with Crippen LogP contribution >= 0.6 is 0 Å². The quantitative estimate of drug-likeness (QED) is 0.599. The predicted molar refractivity (Wildman–Crippen MR) is 118 cm³/mol. The summed E-state index contributed by atoms with van der Waals surface area (Å²) in [7, 11) is 1.28. The Morgan fingerprint density at radius 3 is 2.26 bits per heavy atom. The molecule has 1 aliphatic heterocycles. The summed E-state index contributed by atoms with van der Waals surface area (Å²) >= 11 is 0. The van der Waals surface area contributed by atoms with Crippen LogP contribution in [0.4, 0.5) is 10.2 Å². The van der Waals surface area contributed by atoms with Crippen molar-refractivity contribution in [1.29, 1.82) is 0 Å². The fourth-order valence-electron chi connectivity index (χ4n) is 4.49. The molecule has 0 spiro atoms. The number of benzene rings is 1. The Bertz CT molecular complexity index is 908. The van der Waals surface area contributed by atoms with E-state index in [1.165, 1.54) is 13.2 Å². The molecule has 0 aliphatic carbocycles. The Hall–Kier alpha value is -2.43. The monoisotopic (exact) mass is 432 g/mol. The number of aromatic nitrogens is 2. The van der Waals surface area contributed by atoms with E-state index in [9.17, 15) is 4.39 Å². The lowest BCUT2D eigenvalue weighted by molar-refractivity contribution is 0.160. The van der Waals surface area contributed by atoms with E-state index >= 15 is 0 Å². The standard InChI is InChI=1S/C21H30BFN4O4/c1-20(2)11-13(12-21(3,4)26-20)27(5)19-8-7-16(24-25-19)14-9-18(31-22(28)29)15(23)10-17(14)30-6/h7-10,13,26,28-29H,11-12H2,1-6H3. The molecule has 0 atom stereocenters. The zero-order valence-electron chi connectivity index (χ0n) is 18.8. The average Bonchev–Trinajstić information content (AvgIpc) is 2.66. The first kappa shape index (κ1) is 23.2. The van der Waals surface area contributed by atoms with E-state index in [0.717, 1.165) is 24.7 Å². The molecular formula is C21H30BFN4O4. The topological polar surface area (TPSA) is 100.0 Å². The lowest BCUT2D eigenvalue weighted by Crippen LogP contribution is -2.62. The third-order valence-electron chi connectivity index (χ3n) is 5.49. The lowest BCUT2D eigenvalue weighted by Gasteiger charge is -2.49. The van der Waals surface area contributed by atoms with Crippen LogP contribution < -0.4 is 19.6 Å². The summed E-state index contributed by atoms with van der Waals surface area (Å²) < 4.78 is 24.1. The SMILES string of the molecule is COc1cc(F)c(OB(O)O)cc1-c1ccc(N(C)C2CC(C)(C)NC(C)(C)C2)nn1. The molecule has 3 rings (SSSR count). The van der Waals surface area contributed by atoms with Gasteiger partial charge in [-0.15, -0.1) is 10.2 Å². The van der Waals surface area contributed by atoms with Gasteiger partial charge in [0.05, 0.1) is 12.8 Å². The highest BCUT2D eigenvalue weighted by Crippen LogP contribution is 2.36.